The van der Waals surface area contributed by atoms with Crippen LogP contribution in [0.4, 0.5) is 0 Å². The summed E-state index contributed by atoms with van der Waals surface area (Å²) in [5.74, 6) is -1.05. The number of phosphoric acid groups is 1. The summed E-state index contributed by atoms with van der Waals surface area (Å²) in [6, 6.07) is 0. The Morgan fingerprint density at radius 2 is 1.04 bits per heavy atom. The van der Waals surface area contributed by atoms with Gasteiger partial charge in [-0.2, -0.15) is 0 Å². The van der Waals surface area contributed by atoms with Crippen LogP contribution in [0.15, 0.2) is 36.5 Å². The molecule has 0 saturated carbocycles. The normalized spacial score (nSPS) is 13.9. The van der Waals surface area contributed by atoms with Gasteiger partial charge in [0.05, 0.1) is 27.7 Å². The van der Waals surface area contributed by atoms with E-state index in [2.05, 4.69) is 26.0 Å². The van der Waals surface area contributed by atoms with Gasteiger partial charge >= 0.3 is 19.8 Å². The summed E-state index contributed by atoms with van der Waals surface area (Å²) in [5.41, 5.74) is 0. The van der Waals surface area contributed by atoms with E-state index < -0.39 is 32.5 Å². The molecular weight excluding hydrogens is 725 g/mol. The van der Waals surface area contributed by atoms with Crippen LogP contribution in [0, 0.1) is 0 Å². The van der Waals surface area contributed by atoms with Gasteiger partial charge < -0.3 is 18.9 Å². The van der Waals surface area contributed by atoms with Crippen molar-refractivity contribution in [3.8, 4) is 0 Å². The van der Waals surface area contributed by atoms with Gasteiger partial charge in [0.1, 0.15) is 19.8 Å². The molecule has 0 spiro atoms. The Morgan fingerprint density at radius 1 is 0.589 bits per heavy atom. The number of carbonyl (C=O) groups excluding carboxylic acids is 2. The first kappa shape index (κ1) is 54.2. The standard InChI is InChI=1S/C46H86NO8P/c1-6-8-10-12-14-16-18-20-22-23-25-26-28-30-32-34-36-38-45(48)52-42-44(43-54-56(50,51)53-41-40-47(3,4)5)55-46(49)39-37-35-33-31-29-27-24-21-19-17-15-13-11-9-7-2/h16,18,33,35,37,39,44H,6-15,17,19-32,34,36,38,40-43H2,1-5H3/p+1/b18-16+,35-33+,39-37+/t44-/m1/s1. The van der Waals surface area contributed by atoms with Gasteiger partial charge in [-0.15, -0.1) is 0 Å². The number of quaternary nitrogens is 1. The molecule has 1 unspecified atom stereocenters. The fourth-order valence-electron chi connectivity index (χ4n) is 6.15. The van der Waals surface area contributed by atoms with Gasteiger partial charge in [-0.3, -0.25) is 13.8 Å². The van der Waals surface area contributed by atoms with E-state index in [1.165, 1.54) is 147 Å². The van der Waals surface area contributed by atoms with Gasteiger partial charge in [0.15, 0.2) is 6.10 Å². The largest absolute Gasteiger partial charge is 0.472 e. The predicted octanol–water partition coefficient (Wildman–Crippen LogP) is 12.9. The van der Waals surface area contributed by atoms with Crippen LogP contribution in [0.3, 0.4) is 0 Å². The summed E-state index contributed by atoms with van der Waals surface area (Å²) >= 11 is 0. The molecule has 0 aromatic heterocycles. The molecule has 328 valence electrons. The van der Waals surface area contributed by atoms with E-state index in [0.717, 1.165) is 32.1 Å². The maximum atomic E-state index is 12.6. The molecule has 0 aliphatic heterocycles. The SMILES string of the molecule is CCCCCC/C=C/CCCCCCCCCCCC(=O)OC[C@H](COP(=O)(O)OCC[N+](C)(C)C)OC(=O)/C=C/C=C/CCCCCCCCCCCCC. The maximum Gasteiger partial charge on any atom is 0.472 e. The number of esters is 2. The summed E-state index contributed by atoms with van der Waals surface area (Å²) in [6.07, 6.45) is 44.0. The third-order valence-corrected chi connectivity index (χ3v) is 10.7. The second-order valence-electron chi connectivity index (χ2n) is 16.5. The monoisotopic (exact) mass is 813 g/mol. The first-order valence-corrected chi connectivity index (χ1v) is 24.3. The van der Waals surface area contributed by atoms with Gasteiger partial charge in [-0.1, -0.05) is 173 Å². The Hall–Kier alpha value is -1.77. The molecule has 1 N–H and O–H groups in total. The Bertz CT molecular complexity index is 1050. The number of nitrogens with zero attached hydrogens (tertiary/aromatic N) is 1. The fraction of sp³-hybridized carbons (Fsp3) is 0.826. The highest BCUT2D eigenvalue weighted by Gasteiger charge is 2.26. The first-order chi connectivity index (χ1) is 27.0. The van der Waals surface area contributed by atoms with Crippen molar-refractivity contribution in [2.24, 2.45) is 0 Å². The lowest BCUT2D eigenvalue weighted by Gasteiger charge is -2.24. The molecular formula is C46H87NO8P+. The highest BCUT2D eigenvalue weighted by Crippen LogP contribution is 2.43. The van der Waals surface area contributed by atoms with Crippen LogP contribution < -0.4 is 0 Å². The molecule has 56 heavy (non-hydrogen) atoms. The molecule has 0 aromatic rings. The lowest BCUT2D eigenvalue weighted by molar-refractivity contribution is -0.870. The zero-order valence-electron chi connectivity index (χ0n) is 36.9. The van der Waals surface area contributed by atoms with Gasteiger partial charge in [-0.25, -0.2) is 9.36 Å². The van der Waals surface area contributed by atoms with E-state index in [1.54, 1.807) is 6.08 Å². The summed E-state index contributed by atoms with van der Waals surface area (Å²) in [5, 5.41) is 0. The van der Waals surface area contributed by atoms with Gasteiger partial charge in [-0.05, 0) is 44.9 Å². The van der Waals surface area contributed by atoms with Crippen LogP contribution in [0.5, 0.6) is 0 Å². The van der Waals surface area contributed by atoms with Crippen LogP contribution in [0.2, 0.25) is 0 Å². The summed E-state index contributed by atoms with van der Waals surface area (Å²) in [6.45, 7) is 4.29. The Morgan fingerprint density at radius 3 is 1.54 bits per heavy atom. The van der Waals surface area contributed by atoms with Gasteiger partial charge in [0, 0.05) is 12.5 Å². The molecule has 0 rings (SSSR count). The van der Waals surface area contributed by atoms with Crippen molar-refractivity contribution >= 4 is 19.8 Å². The molecule has 0 aromatic carbocycles. The molecule has 0 bridgehead atoms. The summed E-state index contributed by atoms with van der Waals surface area (Å²) in [4.78, 5) is 35.2. The van der Waals surface area contributed by atoms with Crippen LogP contribution >= 0.6 is 7.82 Å². The molecule has 0 amide bonds. The van der Waals surface area contributed by atoms with Crippen molar-refractivity contribution in [1.29, 1.82) is 0 Å². The predicted molar refractivity (Wildman–Crippen MR) is 234 cm³/mol. The smallest absolute Gasteiger partial charge is 0.462 e. The Kier molecular flexibility index (Phi) is 37.5. The second kappa shape index (κ2) is 38.7. The van der Waals surface area contributed by atoms with E-state index in [1.807, 2.05) is 33.3 Å². The second-order valence-corrected chi connectivity index (χ2v) is 18.0. The minimum atomic E-state index is -4.40. The average molecular weight is 813 g/mol. The molecule has 0 saturated heterocycles. The summed E-state index contributed by atoms with van der Waals surface area (Å²) < 4.78 is 34.1. The van der Waals surface area contributed by atoms with Crippen LogP contribution in [0.1, 0.15) is 194 Å². The van der Waals surface area contributed by atoms with Crippen molar-refractivity contribution in [3.05, 3.63) is 36.5 Å². The average Bonchev–Trinajstić information content (AvgIpc) is 3.15. The van der Waals surface area contributed by atoms with Crippen LogP contribution in [0.25, 0.3) is 0 Å². The van der Waals surface area contributed by atoms with Gasteiger partial charge in [0.2, 0.25) is 0 Å². The van der Waals surface area contributed by atoms with Crippen molar-refractivity contribution in [3.63, 3.8) is 0 Å². The van der Waals surface area contributed by atoms with Crippen molar-refractivity contribution in [1.82, 2.24) is 0 Å². The highest BCUT2D eigenvalue weighted by molar-refractivity contribution is 7.47. The van der Waals surface area contributed by atoms with Crippen molar-refractivity contribution < 1.29 is 42.1 Å². The molecule has 0 aliphatic carbocycles. The van der Waals surface area contributed by atoms with Crippen LogP contribution in [-0.4, -0.2) is 74.9 Å². The van der Waals surface area contributed by atoms with E-state index in [9.17, 15) is 19.0 Å². The minimum Gasteiger partial charge on any atom is -0.462 e. The lowest BCUT2D eigenvalue weighted by Crippen LogP contribution is -2.37. The Labute approximate surface area is 344 Å². The maximum absolute atomic E-state index is 12.6. The number of allylic oxidation sites excluding steroid dienone is 5. The molecule has 9 nitrogen and oxygen atoms in total. The van der Waals surface area contributed by atoms with E-state index >= 15 is 0 Å². The Balaban J connectivity index is 4.42. The molecule has 10 heteroatoms. The number of ether oxygens (including phenoxy) is 2. The zero-order valence-corrected chi connectivity index (χ0v) is 37.8. The third kappa shape index (κ3) is 41.9. The highest BCUT2D eigenvalue weighted by atomic mass is 31.2. The van der Waals surface area contributed by atoms with E-state index in [4.69, 9.17) is 18.5 Å². The number of rotatable bonds is 41. The number of phosphoric ester groups is 1. The van der Waals surface area contributed by atoms with Crippen LogP contribution in [-0.2, 0) is 32.7 Å². The van der Waals surface area contributed by atoms with Crippen molar-refractivity contribution in [2.45, 2.75) is 200 Å². The third-order valence-electron chi connectivity index (χ3n) is 9.75. The quantitative estimate of drug-likeness (QED) is 0.0124. The molecule has 0 radical (unpaired) electrons. The van der Waals surface area contributed by atoms with Gasteiger partial charge in [0.25, 0.3) is 0 Å². The number of carbonyl (C=O) groups is 2. The number of hydrogen-bond donors (Lipinski definition) is 1. The number of hydrogen-bond acceptors (Lipinski definition) is 7. The zero-order chi connectivity index (χ0) is 41.4. The lowest BCUT2D eigenvalue weighted by atomic mass is 10.1. The van der Waals surface area contributed by atoms with E-state index in [-0.39, 0.29) is 19.6 Å². The van der Waals surface area contributed by atoms with E-state index in [0.29, 0.717) is 11.0 Å². The molecule has 0 aliphatic rings. The minimum absolute atomic E-state index is 0.0160. The fourth-order valence-corrected chi connectivity index (χ4v) is 6.89. The molecule has 0 heterocycles. The van der Waals surface area contributed by atoms with Crippen molar-refractivity contribution in [2.75, 3.05) is 47.5 Å². The first-order valence-electron chi connectivity index (χ1n) is 22.8. The number of unbranched alkanes of at least 4 members (excludes halogenated alkanes) is 24. The molecule has 0 fully saturated rings. The summed E-state index contributed by atoms with van der Waals surface area (Å²) in [7, 11) is 1.42. The number of likely N-dealkylation sites (N-methyl/N-ethyl adjacent to an activating group) is 1. The molecule has 2 atom stereocenters. The topological polar surface area (TPSA) is 108 Å².